The van der Waals surface area contributed by atoms with Gasteiger partial charge in [-0.2, -0.15) is 5.26 Å². The van der Waals surface area contributed by atoms with E-state index in [2.05, 4.69) is 0 Å². The molecule has 1 aromatic rings. The van der Waals surface area contributed by atoms with Gasteiger partial charge in [-0.3, -0.25) is 14.9 Å². The van der Waals surface area contributed by atoms with Gasteiger partial charge in [-0.15, -0.1) is 0 Å². The summed E-state index contributed by atoms with van der Waals surface area (Å²) in [4.78, 5) is 23.3. The Labute approximate surface area is 155 Å². The van der Waals surface area contributed by atoms with E-state index in [1.165, 1.54) is 4.90 Å². The molecule has 0 atom stereocenters. The van der Waals surface area contributed by atoms with Gasteiger partial charge < -0.3 is 15.1 Å². The molecule has 1 N–H and O–H groups in total. The number of rotatable bonds is 5. The second kappa shape index (κ2) is 9.15. The molecule has 23 heavy (non-hydrogen) atoms. The molecule has 0 aliphatic carbocycles. The van der Waals surface area contributed by atoms with Crippen LogP contribution in [0.25, 0.3) is 6.08 Å². The molecular weight excluding hydrogens is 313 g/mol. The van der Waals surface area contributed by atoms with Crippen LogP contribution in [0.5, 0.6) is 11.5 Å². The van der Waals surface area contributed by atoms with Crippen LogP contribution in [0, 0.1) is 21.4 Å². The first-order valence-electron chi connectivity index (χ1n) is 6.45. The Morgan fingerprint density at radius 1 is 1.43 bits per heavy atom. The van der Waals surface area contributed by atoms with E-state index in [9.17, 15) is 25.1 Å². The van der Waals surface area contributed by atoms with Crippen molar-refractivity contribution >= 4 is 17.7 Å². The van der Waals surface area contributed by atoms with Crippen LogP contribution in [0.15, 0.2) is 17.7 Å². The van der Waals surface area contributed by atoms with Gasteiger partial charge in [-0.25, -0.2) is 0 Å². The van der Waals surface area contributed by atoms with Gasteiger partial charge in [-0.05, 0) is 31.6 Å². The summed E-state index contributed by atoms with van der Waals surface area (Å²) in [5.74, 6) is -2.45. The maximum absolute atomic E-state index is 12.1. The van der Waals surface area contributed by atoms with Crippen LogP contribution in [-0.2, 0) is 4.79 Å². The normalized spacial score (nSPS) is 10.4. The van der Waals surface area contributed by atoms with Crippen LogP contribution < -0.4 is 34.7 Å². The number of phenols is 1. The zero-order valence-electron chi connectivity index (χ0n) is 13.1. The number of benzene rings is 1. The van der Waals surface area contributed by atoms with Gasteiger partial charge >= 0.3 is 29.6 Å². The van der Waals surface area contributed by atoms with Crippen LogP contribution in [-0.4, -0.2) is 33.9 Å². The third-order valence-corrected chi connectivity index (χ3v) is 2.98. The standard InChI is InChI=1S/C14H15N3O5.Na/c1-3-16(4-2)14(20)10(8-15)5-9-6-11(17(21)22)13(19)12(18)7-9;/h5-7,18-19H,3-4H2,1-2H3;/q;+1/p-1. The average molecular weight is 327 g/mol. The van der Waals surface area contributed by atoms with Gasteiger partial charge in [0.1, 0.15) is 17.4 Å². The molecule has 0 saturated heterocycles. The van der Waals surface area contributed by atoms with Crippen LogP contribution in [0.4, 0.5) is 5.69 Å². The van der Waals surface area contributed by atoms with E-state index >= 15 is 0 Å². The van der Waals surface area contributed by atoms with Gasteiger partial charge in [0, 0.05) is 24.9 Å². The van der Waals surface area contributed by atoms with Crippen molar-refractivity contribution in [1.29, 1.82) is 5.26 Å². The SMILES string of the molecule is CCN(CC)C(=O)C(C#N)=Cc1cc(O)c([O-])c([N+](=O)[O-])c1.[Na+]. The number of nitrogens with zero attached hydrogens (tertiary/aromatic N) is 3. The summed E-state index contributed by atoms with van der Waals surface area (Å²) in [6, 6.07) is 3.61. The minimum atomic E-state index is -1.12. The smallest absolute Gasteiger partial charge is 0.865 e. The fraction of sp³-hybridized carbons (Fsp3) is 0.286. The third kappa shape index (κ3) is 4.96. The van der Waals surface area contributed by atoms with Gasteiger partial charge in [0.2, 0.25) is 0 Å². The third-order valence-electron chi connectivity index (χ3n) is 2.98. The number of nitro groups is 1. The first-order valence-corrected chi connectivity index (χ1v) is 6.45. The van der Waals surface area contributed by atoms with Gasteiger partial charge in [0.15, 0.2) is 0 Å². The molecule has 1 rings (SSSR count). The summed E-state index contributed by atoms with van der Waals surface area (Å²) >= 11 is 0. The molecular formula is C14H14N3NaO5. The Hall–Kier alpha value is -2.08. The molecule has 1 aromatic carbocycles. The predicted molar refractivity (Wildman–Crippen MR) is 75.7 cm³/mol. The van der Waals surface area contributed by atoms with Crippen molar-refractivity contribution < 1.29 is 49.5 Å². The number of hydrogen-bond acceptors (Lipinski definition) is 6. The average Bonchev–Trinajstić information content (AvgIpc) is 2.48. The van der Waals surface area contributed by atoms with Crippen molar-refractivity contribution in [2.45, 2.75) is 13.8 Å². The fourth-order valence-corrected chi connectivity index (χ4v) is 1.83. The molecule has 0 saturated carbocycles. The zero-order valence-corrected chi connectivity index (χ0v) is 15.1. The van der Waals surface area contributed by atoms with Crippen LogP contribution in [0.3, 0.4) is 0 Å². The predicted octanol–water partition coefficient (Wildman–Crippen LogP) is -1.85. The molecule has 0 aliphatic rings. The number of aromatic hydroxyl groups is 1. The molecule has 0 fully saturated rings. The topological polar surface area (TPSA) is 131 Å². The molecule has 0 heterocycles. The number of likely N-dealkylation sites (N-methyl/N-ethyl adjacent to an activating group) is 1. The van der Waals surface area contributed by atoms with E-state index < -0.39 is 28.0 Å². The Balaban J connectivity index is 0.00000484. The molecule has 8 nitrogen and oxygen atoms in total. The van der Waals surface area contributed by atoms with E-state index in [4.69, 9.17) is 5.26 Å². The molecule has 9 heteroatoms. The van der Waals surface area contributed by atoms with Crippen LogP contribution in [0.1, 0.15) is 19.4 Å². The van der Waals surface area contributed by atoms with Crippen molar-refractivity contribution in [1.82, 2.24) is 4.90 Å². The number of carbonyl (C=O) groups excluding carboxylic acids is 1. The number of phenolic OH excluding ortho intramolecular Hbond substituents is 1. The van der Waals surface area contributed by atoms with E-state index in [1.807, 2.05) is 0 Å². The summed E-state index contributed by atoms with van der Waals surface area (Å²) in [6.45, 7) is 4.30. The maximum atomic E-state index is 12.1. The molecule has 116 valence electrons. The van der Waals surface area contributed by atoms with Crippen molar-refractivity contribution in [3.05, 3.63) is 33.4 Å². The Morgan fingerprint density at radius 3 is 2.43 bits per heavy atom. The van der Waals surface area contributed by atoms with Crippen molar-refractivity contribution in [3.8, 4) is 17.6 Å². The minimum absolute atomic E-state index is 0. The number of carbonyl (C=O) groups is 1. The number of nitriles is 1. The zero-order chi connectivity index (χ0) is 16.9. The summed E-state index contributed by atoms with van der Waals surface area (Å²) in [7, 11) is 0. The second-order valence-electron chi connectivity index (χ2n) is 4.29. The van der Waals surface area contributed by atoms with Crippen LogP contribution >= 0.6 is 0 Å². The second-order valence-corrected chi connectivity index (χ2v) is 4.29. The molecule has 0 radical (unpaired) electrons. The van der Waals surface area contributed by atoms with E-state index in [0.29, 0.717) is 13.1 Å². The largest absolute Gasteiger partial charge is 1.00 e. The molecule has 0 bridgehead atoms. The van der Waals surface area contributed by atoms with E-state index in [1.54, 1.807) is 19.9 Å². The molecule has 0 aromatic heterocycles. The van der Waals surface area contributed by atoms with Gasteiger partial charge in [0.05, 0.1) is 4.92 Å². The molecule has 0 spiro atoms. The van der Waals surface area contributed by atoms with Crippen LogP contribution in [0.2, 0.25) is 0 Å². The maximum Gasteiger partial charge on any atom is 1.00 e. The van der Waals surface area contributed by atoms with Gasteiger partial charge in [-0.1, -0.05) is 0 Å². The summed E-state index contributed by atoms with van der Waals surface area (Å²) in [5, 5.41) is 40.7. The molecule has 0 aliphatic heterocycles. The molecule has 1 amide bonds. The Morgan fingerprint density at radius 2 is 2.00 bits per heavy atom. The Kier molecular flexibility index (Phi) is 8.32. The summed E-state index contributed by atoms with van der Waals surface area (Å²) in [5.41, 5.74) is -1.03. The number of amides is 1. The monoisotopic (exact) mass is 327 g/mol. The Bertz CT molecular complexity index is 678. The van der Waals surface area contributed by atoms with Crippen molar-refractivity contribution in [2.75, 3.05) is 13.1 Å². The number of hydrogen-bond donors (Lipinski definition) is 1. The van der Waals surface area contributed by atoms with Crippen molar-refractivity contribution in [3.63, 3.8) is 0 Å². The number of nitro benzene ring substituents is 1. The van der Waals surface area contributed by atoms with Crippen molar-refractivity contribution in [2.24, 2.45) is 0 Å². The summed E-state index contributed by atoms with van der Waals surface area (Å²) in [6.07, 6.45) is 1.10. The van der Waals surface area contributed by atoms with E-state index in [-0.39, 0.29) is 40.7 Å². The minimum Gasteiger partial charge on any atom is -0.865 e. The van der Waals surface area contributed by atoms with Gasteiger partial charge in [0.25, 0.3) is 11.6 Å². The first kappa shape index (κ1) is 20.9. The van der Waals surface area contributed by atoms with E-state index in [0.717, 1.165) is 18.2 Å². The molecule has 0 unspecified atom stereocenters. The summed E-state index contributed by atoms with van der Waals surface area (Å²) < 4.78 is 0. The quantitative estimate of drug-likeness (QED) is 0.222. The first-order chi connectivity index (χ1) is 10.3. The fourth-order valence-electron chi connectivity index (χ4n) is 1.83.